The van der Waals surface area contributed by atoms with Gasteiger partial charge in [-0.15, -0.1) is 11.3 Å². The first-order valence-corrected chi connectivity index (χ1v) is 7.46. The maximum absolute atomic E-state index is 4.46. The van der Waals surface area contributed by atoms with Crippen molar-refractivity contribution < 1.29 is 0 Å². The third-order valence-corrected chi connectivity index (χ3v) is 4.19. The molecular formula is C13H8AlN5S. The van der Waals surface area contributed by atoms with Gasteiger partial charge in [0.1, 0.15) is 5.82 Å². The summed E-state index contributed by atoms with van der Waals surface area (Å²) in [7, 11) is 0. The molecule has 7 heteroatoms. The number of rotatable bonds is 2. The van der Waals surface area contributed by atoms with Crippen molar-refractivity contribution in [2.75, 3.05) is 5.32 Å². The lowest BCUT2D eigenvalue weighted by atomic mass is 10.2. The zero-order valence-electron chi connectivity index (χ0n) is 10.3. The van der Waals surface area contributed by atoms with E-state index in [1.165, 1.54) is 0 Å². The van der Waals surface area contributed by atoms with Crippen molar-refractivity contribution in [1.82, 2.24) is 20.2 Å². The van der Waals surface area contributed by atoms with Gasteiger partial charge >= 0.3 is 0 Å². The van der Waals surface area contributed by atoms with E-state index in [0.29, 0.717) is 4.69 Å². The topological polar surface area (TPSA) is 66.5 Å². The third kappa shape index (κ3) is 1.97. The molecular weight excluding hydrogens is 285 g/mol. The number of aromatic amines is 1. The summed E-state index contributed by atoms with van der Waals surface area (Å²) in [4.78, 5) is 8.85. The number of fused-ring (bicyclic) bond motifs is 2. The minimum Gasteiger partial charge on any atom is -0.339 e. The standard InChI is InChI=1S/C13H8N5S.Al/c1-2-10-8(6-16-18-10)5-9(1)17-13-12-11(3-4-19-12)14-7-15-13;/h1-6H,(H,16,18)(H,14,15,17);. The number of anilines is 2. The van der Waals surface area contributed by atoms with Gasteiger partial charge in [0.05, 0.1) is 21.9 Å². The average Bonchev–Trinajstić information content (AvgIpc) is 3.05. The zero-order valence-corrected chi connectivity index (χ0v) is 12.3. The van der Waals surface area contributed by atoms with Crippen molar-refractivity contribution in [3.63, 3.8) is 0 Å². The maximum atomic E-state index is 4.46. The van der Waals surface area contributed by atoms with E-state index in [1.54, 1.807) is 11.3 Å². The molecule has 20 heavy (non-hydrogen) atoms. The van der Waals surface area contributed by atoms with Crippen LogP contribution in [0.25, 0.3) is 21.1 Å². The van der Waals surface area contributed by atoms with Crippen molar-refractivity contribution in [1.29, 1.82) is 0 Å². The summed E-state index contributed by atoms with van der Waals surface area (Å²) in [6, 6.07) is 8.05. The molecule has 0 bridgehead atoms. The molecule has 0 aliphatic heterocycles. The molecule has 5 nitrogen and oxygen atoms in total. The van der Waals surface area contributed by atoms with Gasteiger partial charge in [0.25, 0.3) is 0 Å². The molecule has 0 saturated carbocycles. The van der Waals surface area contributed by atoms with Crippen LogP contribution in [0.2, 0.25) is 0 Å². The Morgan fingerprint density at radius 1 is 1.20 bits per heavy atom. The predicted molar refractivity (Wildman–Crippen MR) is 82.2 cm³/mol. The fraction of sp³-hybridized carbons (Fsp3) is 0. The van der Waals surface area contributed by atoms with Gasteiger partial charge in [0.2, 0.25) is 16.3 Å². The van der Waals surface area contributed by atoms with Crippen LogP contribution < -0.4 is 10.0 Å². The first-order chi connectivity index (χ1) is 9.79. The second kappa shape index (κ2) is 4.56. The Balaban J connectivity index is 1.81. The fourth-order valence-corrected chi connectivity index (χ4v) is 3.17. The summed E-state index contributed by atoms with van der Waals surface area (Å²) in [5.41, 5.74) is 2.96. The Morgan fingerprint density at radius 2 is 2.15 bits per heavy atom. The Morgan fingerprint density at radius 3 is 3.10 bits per heavy atom. The van der Waals surface area contributed by atoms with Gasteiger partial charge in [0, 0.05) is 15.8 Å². The van der Waals surface area contributed by atoms with Crippen molar-refractivity contribution >= 4 is 64.9 Å². The summed E-state index contributed by atoms with van der Waals surface area (Å²) in [5, 5.41) is 13.4. The Bertz CT molecular complexity index is 913. The molecule has 0 amide bonds. The monoisotopic (exact) mass is 293 g/mol. The van der Waals surface area contributed by atoms with Crippen molar-refractivity contribution in [3.8, 4) is 0 Å². The molecule has 0 unspecified atom stereocenters. The normalized spacial score (nSPS) is 11.2. The first-order valence-electron chi connectivity index (χ1n) is 6.00. The van der Waals surface area contributed by atoms with Gasteiger partial charge < -0.3 is 5.32 Å². The largest absolute Gasteiger partial charge is 0.339 e. The van der Waals surface area contributed by atoms with Crippen LogP contribution in [0.15, 0.2) is 35.8 Å². The second-order valence-electron chi connectivity index (χ2n) is 4.36. The number of nitrogens with zero attached hydrogens (tertiary/aromatic N) is 3. The van der Waals surface area contributed by atoms with Crippen LogP contribution in [-0.4, -0.2) is 36.5 Å². The minimum atomic E-state index is 0.683. The molecule has 2 N–H and O–H groups in total. The summed E-state index contributed by atoms with van der Waals surface area (Å²) in [5.74, 6) is 0.831. The average molecular weight is 293 g/mol. The van der Waals surface area contributed by atoms with E-state index in [4.69, 9.17) is 0 Å². The highest BCUT2D eigenvalue weighted by Gasteiger charge is 2.07. The smallest absolute Gasteiger partial charge is 0.244 e. The van der Waals surface area contributed by atoms with Crippen molar-refractivity contribution in [2.45, 2.75) is 0 Å². The van der Waals surface area contributed by atoms with Crippen molar-refractivity contribution in [3.05, 3.63) is 35.8 Å². The number of thiophene rings is 1. The highest BCUT2D eigenvalue weighted by atomic mass is 32.1. The molecule has 0 fully saturated rings. The lowest BCUT2D eigenvalue weighted by Gasteiger charge is -2.08. The first kappa shape index (κ1) is 11.9. The van der Waals surface area contributed by atoms with E-state index in [2.05, 4.69) is 41.8 Å². The molecule has 1 aromatic carbocycles. The van der Waals surface area contributed by atoms with E-state index in [1.807, 2.05) is 35.8 Å². The number of H-pyrrole nitrogens is 1. The van der Waals surface area contributed by atoms with Crippen LogP contribution in [0.3, 0.4) is 0 Å². The van der Waals surface area contributed by atoms with E-state index in [-0.39, 0.29) is 0 Å². The minimum absolute atomic E-state index is 0.683. The van der Waals surface area contributed by atoms with Crippen LogP contribution in [0.5, 0.6) is 0 Å². The van der Waals surface area contributed by atoms with Crippen LogP contribution in [0.1, 0.15) is 0 Å². The summed E-state index contributed by atoms with van der Waals surface area (Å²) in [6.45, 7) is 0. The fourth-order valence-electron chi connectivity index (χ4n) is 2.12. The summed E-state index contributed by atoms with van der Waals surface area (Å²) in [6.07, 6.45) is 1.81. The predicted octanol–water partition coefficient (Wildman–Crippen LogP) is 2.10. The second-order valence-corrected chi connectivity index (χ2v) is 5.79. The molecule has 3 aromatic heterocycles. The number of hydrogen-bond acceptors (Lipinski definition) is 5. The Hall–Kier alpha value is -1.94. The summed E-state index contributed by atoms with van der Waals surface area (Å²) < 4.78 is 1.74. The van der Waals surface area contributed by atoms with Crippen LogP contribution >= 0.6 is 11.3 Å². The van der Waals surface area contributed by atoms with E-state index < -0.39 is 0 Å². The molecule has 2 radical (unpaired) electrons. The van der Waals surface area contributed by atoms with Gasteiger partial charge in [-0.2, -0.15) is 5.10 Å². The number of hydrogen-bond donors (Lipinski definition) is 2. The molecule has 0 atom stereocenters. The van der Waals surface area contributed by atoms with Crippen LogP contribution in [-0.2, 0) is 0 Å². The molecule has 0 aliphatic rings. The van der Waals surface area contributed by atoms with Crippen LogP contribution in [0, 0.1) is 0 Å². The number of nitrogens with one attached hydrogen (secondary N) is 2. The molecule has 4 aromatic rings. The zero-order chi connectivity index (χ0) is 13.5. The highest BCUT2D eigenvalue weighted by molar-refractivity contribution is 7.17. The SMILES string of the molecule is [Al][c]1nc(Nc2ccc3[nH]ncc3c2)c2sccc2n1. The highest BCUT2D eigenvalue weighted by Crippen LogP contribution is 2.27. The van der Waals surface area contributed by atoms with Gasteiger partial charge in [-0.25, -0.2) is 4.98 Å². The van der Waals surface area contributed by atoms with Gasteiger partial charge in [0.15, 0.2) is 0 Å². The lowest BCUT2D eigenvalue weighted by molar-refractivity contribution is 1.12. The maximum Gasteiger partial charge on any atom is 0.244 e. The molecule has 0 aliphatic carbocycles. The molecule has 94 valence electrons. The van der Waals surface area contributed by atoms with Gasteiger partial charge in [-0.1, -0.05) is 0 Å². The number of benzene rings is 1. The quantitative estimate of drug-likeness (QED) is 0.555. The lowest BCUT2D eigenvalue weighted by Crippen LogP contribution is -2.14. The number of aromatic nitrogens is 4. The van der Waals surface area contributed by atoms with Gasteiger partial charge in [-0.3, -0.25) is 10.1 Å². The van der Waals surface area contributed by atoms with Crippen molar-refractivity contribution in [2.24, 2.45) is 0 Å². The molecule has 0 spiro atoms. The van der Waals surface area contributed by atoms with Crippen LogP contribution in [0.4, 0.5) is 11.5 Å². The van der Waals surface area contributed by atoms with E-state index in [0.717, 1.165) is 32.6 Å². The Labute approximate surface area is 126 Å². The summed E-state index contributed by atoms with van der Waals surface area (Å²) >= 11 is 4.18. The van der Waals surface area contributed by atoms with Gasteiger partial charge in [-0.05, 0) is 29.6 Å². The molecule has 0 saturated heterocycles. The molecule has 4 rings (SSSR count). The Kier molecular flexibility index (Phi) is 2.70. The van der Waals surface area contributed by atoms with E-state index >= 15 is 0 Å². The molecule has 3 heterocycles. The van der Waals surface area contributed by atoms with E-state index in [9.17, 15) is 0 Å². The third-order valence-electron chi connectivity index (χ3n) is 3.02.